The maximum atomic E-state index is 11.1. The number of thiazole rings is 1. The van der Waals surface area contributed by atoms with Gasteiger partial charge in [-0.1, -0.05) is 6.07 Å². The summed E-state index contributed by atoms with van der Waals surface area (Å²) in [5.41, 5.74) is 3.40. The van der Waals surface area contributed by atoms with E-state index in [2.05, 4.69) is 15.0 Å². The molecule has 0 aliphatic heterocycles. The Morgan fingerprint density at radius 2 is 1.94 bits per heavy atom. The van der Waals surface area contributed by atoms with Crippen LogP contribution < -0.4 is 5.69 Å². The Morgan fingerprint density at radius 3 is 2.69 bits per heavy atom. The van der Waals surface area contributed by atoms with Gasteiger partial charge in [0.1, 0.15) is 0 Å². The van der Waals surface area contributed by atoms with E-state index in [1.165, 1.54) is 11.3 Å². The fourth-order valence-corrected chi connectivity index (χ4v) is 2.46. The maximum absolute atomic E-state index is 11.1. The lowest BCUT2D eigenvalue weighted by Crippen LogP contribution is -1.99. The molecule has 0 fully saturated rings. The molecule has 2 heterocycles. The van der Waals surface area contributed by atoms with Crippen LogP contribution in [0, 0.1) is 3.95 Å². The zero-order chi connectivity index (χ0) is 11.1. The van der Waals surface area contributed by atoms with Crippen molar-refractivity contribution in [3.05, 3.63) is 38.0 Å². The Bertz CT molecular complexity index is 762. The van der Waals surface area contributed by atoms with Gasteiger partial charge in [-0.3, -0.25) is 0 Å². The van der Waals surface area contributed by atoms with E-state index in [0.717, 1.165) is 26.2 Å². The van der Waals surface area contributed by atoms with Gasteiger partial charge in [0.25, 0.3) is 0 Å². The standard InChI is InChI=1S/C10H7N3OS2/c14-9-11-6-2-1-5(3-7(6)12-9)8-4-16-10(15)13-8/h1-4H,(H,13,15)(H2,11,12,14). The van der Waals surface area contributed by atoms with Gasteiger partial charge in [-0.15, -0.1) is 11.3 Å². The summed E-state index contributed by atoms with van der Waals surface area (Å²) in [7, 11) is 0. The van der Waals surface area contributed by atoms with Crippen molar-refractivity contribution in [2.24, 2.45) is 0 Å². The molecule has 3 rings (SSSR count). The van der Waals surface area contributed by atoms with Crippen molar-refractivity contribution in [2.75, 3.05) is 0 Å². The fourth-order valence-electron chi connectivity index (χ4n) is 1.62. The third-order valence-corrected chi connectivity index (χ3v) is 3.41. The Balaban J connectivity index is 2.25. The van der Waals surface area contributed by atoms with Gasteiger partial charge in [-0.2, -0.15) is 0 Å². The summed E-state index contributed by atoms with van der Waals surface area (Å²) in [6.07, 6.45) is 0. The highest BCUT2D eigenvalue weighted by Gasteiger charge is 2.03. The predicted molar refractivity (Wildman–Crippen MR) is 67.4 cm³/mol. The smallest absolute Gasteiger partial charge is 0.323 e. The number of rotatable bonds is 1. The molecule has 0 saturated carbocycles. The van der Waals surface area contributed by atoms with Crippen LogP contribution >= 0.6 is 23.6 Å². The van der Waals surface area contributed by atoms with Crippen LogP contribution in [0.4, 0.5) is 0 Å². The van der Waals surface area contributed by atoms with E-state index < -0.39 is 0 Å². The van der Waals surface area contributed by atoms with Crippen molar-refractivity contribution in [3.8, 4) is 11.3 Å². The summed E-state index contributed by atoms with van der Waals surface area (Å²) < 4.78 is 0.748. The van der Waals surface area contributed by atoms with Gasteiger partial charge in [0.15, 0.2) is 3.95 Å². The minimum absolute atomic E-state index is 0.189. The summed E-state index contributed by atoms with van der Waals surface area (Å²) in [4.78, 5) is 19.6. The van der Waals surface area contributed by atoms with Gasteiger partial charge in [0.05, 0.1) is 16.7 Å². The number of hydrogen-bond acceptors (Lipinski definition) is 3. The van der Waals surface area contributed by atoms with E-state index in [0.29, 0.717) is 0 Å². The summed E-state index contributed by atoms with van der Waals surface area (Å²) in [6.45, 7) is 0. The first-order chi connectivity index (χ1) is 7.72. The van der Waals surface area contributed by atoms with Gasteiger partial charge in [-0.05, 0) is 24.4 Å². The number of aromatic amines is 3. The molecule has 0 spiro atoms. The predicted octanol–water partition coefficient (Wildman–Crippen LogP) is 2.64. The summed E-state index contributed by atoms with van der Waals surface area (Å²) in [5, 5.41) is 1.97. The van der Waals surface area contributed by atoms with E-state index in [9.17, 15) is 4.79 Å². The fraction of sp³-hybridized carbons (Fsp3) is 0. The van der Waals surface area contributed by atoms with Crippen molar-refractivity contribution in [2.45, 2.75) is 0 Å². The third kappa shape index (κ3) is 1.52. The van der Waals surface area contributed by atoms with Gasteiger partial charge >= 0.3 is 5.69 Å². The molecule has 3 N–H and O–H groups in total. The van der Waals surface area contributed by atoms with Gasteiger partial charge in [-0.25, -0.2) is 4.79 Å². The lowest BCUT2D eigenvalue weighted by Gasteiger charge is -1.96. The van der Waals surface area contributed by atoms with Crippen molar-refractivity contribution >= 4 is 34.6 Å². The third-order valence-electron chi connectivity index (χ3n) is 2.35. The number of hydrogen-bond donors (Lipinski definition) is 3. The Kier molecular flexibility index (Phi) is 2.05. The second-order valence-corrected chi connectivity index (χ2v) is 4.95. The average Bonchev–Trinajstić information content (AvgIpc) is 2.81. The molecule has 0 aliphatic rings. The van der Waals surface area contributed by atoms with E-state index >= 15 is 0 Å². The molecule has 16 heavy (non-hydrogen) atoms. The average molecular weight is 249 g/mol. The highest BCUT2D eigenvalue weighted by atomic mass is 32.1. The van der Waals surface area contributed by atoms with Crippen LogP contribution in [-0.4, -0.2) is 15.0 Å². The Hall–Kier alpha value is -1.66. The normalized spacial score (nSPS) is 11.0. The van der Waals surface area contributed by atoms with Crippen molar-refractivity contribution in [1.82, 2.24) is 15.0 Å². The SMILES string of the molecule is O=c1[nH]c2ccc(-c3csc(=S)[nH]3)cc2[nH]1. The molecule has 80 valence electrons. The molecule has 0 atom stereocenters. The Morgan fingerprint density at radius 1 is 1.12 bits per heavy atom. The first-order valence-electron chi connectivity index (χ1n) is 4.62. The van der Waals surface area contributed by atoms with E-state index in [-0.39, 0.29) is 5.69 Å². The number of fused-ring (bicyclic) bond motifs is 1. The molecule has 0 aliphatic carbocycles. The largest absolute Gasteiger partial charge is 0.337 e. The van der Waals surface area contributed by atoms with Crippen LogP contribution in [0.15, 0.2) is 28.4 Å². The maximum Gasteiger partial charge on any atom is 0.323 e. The zero-order valence-electron chi connectivity index (χ0n) is 8.03. The molecule has 1 aromatic carbocycles. The molecule has 0 saturated heterocycles. The van der Waals surface area contributed by atoms with Gasteiger partial charge in [0.2, 0.25) is 0 Å². The second-order valence-electron chi connectivity index (χ2n) is 3.40. The van der Waals surface area contributed by atoms with Crippen LogP contribution in [0.2, 0.25) is 0 Å². The minimum atomic E-state index is -0.189. The highest BCUT2D eigenvalue weighted by molar-refractivity contribution is 7.73. The number of H-pyrrole nitrogens is 3. The molecule has 0 unspecified atom stereocenters. The quantitative estimate of drug-likeness (QED) is 0.580. The van der Waals surface area contributed by atoms with Crippen molar-refractivity contribution in [3.63, 3.8) is 0 Å². The molecular weight excluding hydrogens is 242 g/mol. The van der Waals surface area contributed by atoms with Crippen LogP contribution in [0.3, 0.4) is 0 Å². The minimum Gasteiger partial charge on any atom is -0.337 e. The van der Waals surface area contributed by atoms with Crippen molar-refractivity contribution < 1.29 is 0 Å². The van der Waals surface area contributed by atoms with E-state index in [1.54, 1.807) is 0 Å². The first kappa shape index (κ1) is 9.56. The zero-order valence-corrected chi connectivity index (χ0v) is 9.67. The second kappa shape index (κ2) is 3.43. The summed E-state index contributed by atoms with van der Waals surface area (Å²) >= 11 is 6.52. The van der Waals surface area contributed by atoms with E-state index in [1.807, 2.05) is 23.6 Å². The molecular formula is C10H7N3OS2. The van der Waals surface area contributed by atoms with E-state index in [4.69, 9.17) is 12.2 Å². The van der Waals surface area contributed by atoms with Gasteiger partial charge in [0, 0.05) is 10.9 Å². The van der Waals surface area contributed by atoms with Crippen LogP contribution in [-0.2, 0) is 0 Å². The Labute approximate surface area is 99.0 Å². The monoisotopic (exact) mass is 249 g/mol. The number of benzene rings is 1. The molecule has 4 nitrogen and oxygen atoms in total. The van der Waals surface area contributed by atoms with Crippen LogP contribution in [0.1, 0.15) is 0 Å². The number of nitrogens with one attached hydrogen (secondary N) is 3. The molecule has 0 radical (unpaired) electrons. The first-order valence-corrected chi connectivity index (χ1v) is 5.91. The van der Waals surface area contributed by atoms with Crippen molar-refractivity contribution in [1.29, 1.82) is 0 Å². The molecule has 2 aromatic heterocycles. The summed E-state index contributed by atoms with van der Waals surface area (Å²) in [6, 6.07) is 5.73. The molecule has 6 heteroatoms. The summed E-state index contributed by atoms with van der Waals surface area (Å²) in [5.74, 6) is 0. The molecule has 3 aromatic rings. The van der Waals surface area contributed by atoms with Crippen LogP contribution in [0.25, 0.3) is 22.3 Å². The molecule has 0 amide bonds. The highest BCUT2D eigenvalue weighted by Crippen LogP contribution is 2.22. The van der Waals surface area contributed by atoms with Gasteiger partial charge < -0.3 is 15.0 Å². The van der Waals surface area contributed by atoms with Crippen LogP contribution in [0.5, 0.6) is 0 Å². The lowest BCUT2D eigenvalue weighted by atomic mass is 10.1. The molecule has 0 bridgehead atoms. The lowest BCUT2D eigenvalue weighted by molar-refractivity contribution is 1.21. The number of imidazole rings is 1. The topological polar surface area (TPSA) is 64.4 Å². The number of aromatic nitrogens is 3.